The number of aromatic nitrogens is 1. The standard InChI is InChI=1S/C12H14FN3O2S2/c1-8-7-19-12(16-8)6-15-20(17,18)10-2-3-11(13)9(4-10)5-14/h2-4,7,15H,5-6,14H2,1H3. The molecule has 0 saturated heterocycles. The highest BCUT2D eigenvalue weighted by Gasteiger charge is 2.16. The molecular weight excluding hydrogens is 301 g/mol. The number of aryl methyl sites for hydroxylation is 1. The van der Waals surface area contributed by atoms with E-state index in [1.165, 1.54) is 23.5 Å². The van der Waals surface area contributed by atoms with Crippen LogP contribution in [0.15, 0.2) is 28.5 Å². The maximum Gasteiger partial charge on any atom is 0.240 e. The quantitative estimate of drug-likeness (QED) is 0.876. The molecular formula is C12H14FN3O2S2. The Morgan fingerprint density at radius 2 is 2.20 bits per heavy atom. The molecule has 0 fully saturated rings. The lowest BCUT2D eigenvalue weighted by Gasteiger charge is -2.07. The molecule has 1 aromatic carbocycles. The van der Waals surface area contributed by atoms with Crippen LogP contribution in [0, 0.1) is 12.7 Å². The molecule has 5 nitrogen and oxygen atoms in total. The molecule has 3 N–H and O–H groups in total. The van der Waals surface area contributed by atoms with Gasteiger partial charge in [0, 0.05) is 23.2 Å². The molecule has 0 spiro atoms. The van der Waals surface area contributed by atoms with Crippen LogP contribution in [-0.2, 0) is 23.1 Å². The first kappa shape index (κ1) is 15.0. The zero-order valence-corrected chi connectivity index (χ0v) is 12.4. The maximum atomic E-state index is 13.3. The Balaban J connectivity index is 2.17. The summed E-state index contributed by atoms with van der Waals surface area (Å²) in [7, 11) is -3.70. The van der Waals surface area contributed by atoms with Crippen molar-refractivity contribution >= 4 is 21.4 Å². The molecule has 0 amide bonds. The molecule has 0 aliphatic carbocycles. The van der Waals surface area contributed by atoms with Gasteiger partial charge in [0.05, 0.1) is 11.4 Å². The summed E-state index contributed by atoms with van der Waals surface area (Å²) in [6.45, 7) is 1.89. The number of benzene rings is 1. The van der Waals surface area contributed by atoms with Gasteiger partial charge in [0.15, 0.2) is 0 Å². The van der Waals surface area contributed by atoms with E-state index in [2.05, 4.69) is 9.71 Å². The van der Waals surface area contributed by atoms with Gasteiger partial charge in [0.1, 0.15) is 10.8 Å². The van der Waals surface area contributed by atoms with Crippen LogP contribution in [-0.4, -0.2) is 13.4 Å². The molecule has 1 aromatic heterocycles. The Hall–Kier alpha value is -1.35. The number of nitrogens with zero attached hydrogens (tertiary/aromatic N) is 1. The molecule has 0 atom stereocenters. The van der Waals surface area contributed by atoms with Gasteiger partial charge in [-0.05, 0) is 25.1 Å². The number of halogens is 1. The van der Waals surface area contributed by atoms with Gasteiger partial charge in [-0.2, -0.15) is 0 Å². The number of thiazole rings is 1. The summed E-state index contributed by atoms with van der Waals surface area (Å²) >= 11 is 1.38. The summed E-state index contributed by atoms with van der Waals surface area (Å²) in [5.41, 5.74) is 6.38. The van der Waals surface area contributed by atoms with Crippen molar-refractivity contribution in [2.75, 3.05) is 0 Å². The van der Waals surface area contributed by atoms with Crippen LogP contribution in [0.4, 0.5) is 4.39 Å². The SMILES string of the molecule is Cc1csc(CNS(=O)(=O)c2ccc(F)c(CN)c2)n1. The second-order valence-corrected chi connectivity index (χ2v) is 6.87. The van der Waals surface area contributed by atoms with E-state index in [-0.39, 0.29) is 23.5 Å². The smallest absolute Gasteiger partial charge is 0.240 e. The average molecular weight is 315 g/mol. The van der Waals surface area contributed by atoms with Crippen LogP contribution in [0.1, 0.15) is 16.3 Å². The van der Waals surface area contributed by atoms with Crippen molar-refractivity contribution in [3.63, 3.8) is 0 Å². The van der Waals surface area contributed by atoms with E-state index >= 15 is 0 Å². The Morgan fingerprint density at radius 3 is 2.80 bits per heavy atom. The minimum atomic E-state index is -3.70. The molecule has 20 heavy (non-hydrogen) atoms. The van der Waals surface area contributed by atoms with E-state index in [0.717, 1.165) is 11.8 Å². The second kappa shape index (κ2) is 5.96. The molecule has 108 valence electrons. The first-order valence-electron chi connectivity index (χ1n) is 5.81. The largest absolute Gasteiger partial charge is 0.326 e. The zero-order valence-electron chi connectivity index (χ0n) is 10.8. The van der Waals surface area contributed by atoms with Gasteiger partial charge in [-0.3, -0.25) is 0 Å². The molecule has 0 bridgehead atoms. The number of sulfonamides is 1. The van der Waals surface area contributed by atoms with Gasteiger partial charge in [-0.15, -0.1) is 11.3 Å². The minimum absolute atomic E-state index is 0.00683. The third-order valence-corrected chi connectivity index (χ3v) is 4.99. The Bertz CT molecular complexity index is 713. The molecule has 1 heterocycles. The van der Waals surface area contributed by atoms with Crippen LogP contribution < -0.4 is 10.5 Å². The fourth-order valence-corrected chi connectivity index (χ4v) is 3.44. The molecule has 0 unspecified atom stereocenters. The number of rotatable bonds is 5. The van der Waals surface area contributed by atoms with Gasteiger partial charge in [-0.1, -0.05) is 0 Å². The van der Waals surface area contributed by atoms with Gasteiger partial charge in [0.2, 0.25) is 10.0 Å². The molecule has 2 aromatic rings. The third-order valence-electron chi connectivity index (χ3n) is 2.63. The van der Waals surface area contributed by atoms with Crippen molar-refractivity contribution in [1.29, 1.82) is 0 Å². The average Bonchev–Trinajstić information content (AvgIpc) is 2.83. The van der Waals surface area contributed by atoms with E-state index in [0.29, 0.717) is 5.01 Å². The normalized spacial score (nSPS) is 11.8. The highest BCUT2D eigenvalue weighted by Crippen LogP contribution is 2.16. The number of nitrogens with two attached hydrogens (primary N) is 1. The number of hydrogen-bond acceptors (Lipinski definition) is 5. The van der Waals surface area contributed by atoms with Crippen LogP contribution in [0.3, 0.4) is 0 Å². The summed E-state index contributed by atoms with van der Waals surface area (Å²) in [5.74, 6) is -0.512. The van der Waals surface area contributed by atoms with Crippen molar-refractivity contribution in [1.82, 2.24) is 9.71 Å². The van der Waals surface area contributed by atoms with Gasteiger partial charge >= 0.3 is 0 Å². The Morgan fingerprint density at radius 1 is 1.45 bits per heavy atom. The minimum Gasteiger partial charge on any atom is -0.326 e. The summed E-state index contributed by atoms with van der Waals surface area (Å²) in [4.78, 5) is 4.16. The fraction of sp³-hybridized carbons (Fsp3) is 0.250. The van der Waals surface area contributed by atoms with E-state index in [1.807, 2.05) is 12.3 Å². The first-order chi connectivity index (χ1) is 9.42. The van der Waals surface area contributed by atoms with Crippen LogP contribution >= 0.6 is 11.3 Å². The monoisotopic (exact) mass is 315 g/mol. The molecule has 0 saturated carbocycles. The molecule has 0 aliphatic heterocycles. The van der Waals surface area contributed by atoms with Gasteiger partial charge < -0.3 is 5.73 Å². The lowest BCUT2D eigenvalue weighted by Crippen LogP contribution is -2.23. The first-order valence-corrected chi connectivity index (χ1v) is 8.18. The van der Waals surface area contributed by atoms with E-state index in [9.17, 15) is 12.8 Å². The van der Waals surface area contributed by atoms with Crippen molar-refractivity contribution in [2.45, 2.75) is 24.9 Å². The maximum absolute atomic E-state index is 13.3. The van der Waals surface area contributed by atoms with Crippen molar-refractivity contribution < 1.29 is 12.8 Å². The number of hydrogen-bond donors (Lipinski definition) is 2. The highest BCUT2D eigenvalue weighted by molar-refractivity contribution is 7.89. The van der Waals surface area contributed by atoms with E-state index < -0.39 is 15.8 Å². The Labute approximate surface area is 120 Å². The van der Waals surface area contributed by atoms with Crippen molar-refractivity contribution in [3.8, 4) is 0 Å². The fourth-order valence-electron chi connectivity index (χ4n) is 1.60. The zero-order chi connectivity index (χ0) is 14.8. The summed E-state index contributed by atoms with van der Waals surface area (Å²) < 4.78 is 39.9. The molecule has 0 radical (unpaired) electrons. The molecule has 8 heteroatoms. The lowest BCUT2D eigenvalue weighted by molar-refractivity contribution is 0.579. The third kappa shape index (κ3) is 3.40. The van der Waals surface area contributed by atoms with E-state index in [1.54, 1.807) is 0 Å². The molecule has 2 rings (SSSR count). The van der Waals surface area contributed by atoms with Crippen molar-refractivity contribution in [3.05, 3.63) is 45.7 Å². The second-order valence-electron chi connectivity index (χ2n) is 4.16. The van der Waals surface area contributed by atoms with Crippen LogP contribution in [0.25, 0.3) is 0 Å². The van der Waals surface area contributed by atoms with Crippen LogP contribution in [0.5, 0.6) is 0 Å². The number of nitrogens with one attached hydrogen (secondary N) is 1. The Kier molecular flexibility index (Phi) is 4.48. The van der Waals surface area contributed by atoms with Crippen molar-refractivity contribution in [2.24, 2.45) is 5.73 Å². The summed E-state index contributed by atoms with van der Waals surface area (Å²) in [6.07, 6.45) is 0. The van der Waals surface area contributed by atoms with E-state index in [4.69, 9.17) is 5.73 Å². The highest BCUT2D eigenvalue weighted by atomic mass is 32.2. The predicted octanol–water partition coefficient (Wildman–Crippen LogP) is 1.53. The van der Waals surface area contributed by atoms with Gasteiger partial charge in [0.25, 0.3) is 0 Å². The topological polar surface area (TPSA) is 85.1 Å². The summed E-state index contributed by atoms with van der Waals surface area (Å²) in [6, 6.07) is 3.55. The van der Waals surface area contributed by atoms with Gasteiger partial charge in [-0.25, -0.2) is 22.5 Å². The predicted molar refractivity (Wildman–Crippen MR) is 75.2 cm³/mol. The summed E-state index contributed by atoms with van der Waals surface area (Å²) in [5, 5.41) is 2.51. The van der Waals surface area contributed by atoms with Crippen LogP contribution in [0.2, 0.25) is 0 Å². The lowest BCUT2D eigenvalue weighted by atomic mass is 10.2. The molecule has 0 aliphatic rings.